The summed E-state index contributed by atoms with van der Waals surface area (Å²) in [5.74, 6) is -0.779. The van der Waals surface area contributed by atoms with Crippen LogP contribution in [-0.2, 0) is 39.7 Å². The van der Waals surface area contributed by atoms with E-state index in [1.54, 1.807) is 38.1 Å². The summed E-state index contributed by atoms with van der Waals surface area (Å²) in [5, 5.41) is 25.3. The van der Waals surface area contributed by atoms with Crippen molar-refractivity contribution < 1.29 is 52.8 Å². The van der Waals surface area contributed by atoms with Gasteiger partial charge in [0.05, 0.1) is 28.6 Å². The molecule has 0 unspecified atom stereocenters. The number of nitrogens with zero attached hydrogens (tertiary/aromatic N) is 4. The normalized spacial score (nSPS) is 12.5. The number of aromatic amines is 1. The van der Waals surface area contributed by atoms with E-state index in [9.17, 15) is 29.8 Å². The van der Waals surface area contributed by atoms with E-state index in [0.717, 1.165) is 49.6 Å². The molecular formula is C45H31N5O12S4. The highest BCUT2D eigenvalue weighted by molar-refractivity contribution is 7.94. The van der Waals surface area contributed by atoms with Gasteiger partial charge < -0.3 is 13.4 Å². The van der Waals surface area contributed by atoms with Gasteiger partial charge >= 0.3 is 20.2 Å². The van der Waals surface area contributed by atoms with Crippen LogP contribution >= 0.6 is 12.0 Å². The molecule has 0 saturated heterocycles. The first-order chi connectivity index (χ1) is 31.6. The predicted octanol–water partition coefficient (Wildman–Crippen LogP) is 9.25. The SMILES string of the molecule is Cc1ccc(S(=O)(=O)Oc2cc(-n3nc4c(S(=O)(=O)O)cc5cc(SOOO)ccc5c4n3)c(OS(=O)(=O)c3ccc(C)cc3)cc2-c2nc3c4ccccc4c4ccccc4c3[nH]2)cc1. The molecule has 0 amide bonds. The maximum absolute atomic E-state index is 14.2. The van der Waals surface area contributed by atoms with Gasteiger partial charge in [0.2, 0.25) is 0 Å². The summed E-state index contributed by atoms with van der Waals surface area (Å²) < 4.78 is 109. The summed E-state index contributed by atoms with van der Waals surface area (Å²) in [6.07, 6.45) is 0. The van der Waals surface area contributed by atoms with E-state index in [2.05, 4.69) is 24.6 Å². The van der Waals surface area contributed by atoms with Gasteiger partial charge in [-0.15, -0.1) is 19.3 Å². The molecule has 332 valence electrons. The summed E-state index contributed by atoms with van der Waals surface area (Å²) in [6, 6.07) is 35.1. The van der Waals surface area contributed by atoms with Crippen molar-refractivity contribution in [1.82, 2.24) is 25.0 Å². The number of imidazole rings is 1. The van der Waals surface area contributed by atoms with Crippen LogP contribution in [0.4, 0.5) is 0 Å². The standard InChI is InChI=1S/C45H31N5O12S4/c1-25-11-16-29(17-12-25)65(55,56)59-38-24-37(50-48-43-31-20-15-28(63-62-61-51)21-27(31)22-40(44(43)49-50)64(52,53)54)39(60-66(57,58)30-18-13-26(2)14-19-30)23-36(38)45-46-41-34-9-5-3-7-32(34)33-8-4-6-10-35(33)42(41)47-45/h3-24,51H,1-2H3,(H,46,47)(H,52,53,54). The first-order valence-corrected chi connectivity index (χ1v) is 24.5. The second-order valence-corrected chi connectivity index (χ2v) is 20.3. The molecular weight excluding hydrogens is 931 g/mol. The van der Waals surface area contributed by atoms with Crippen LogP contribution in [0.5, 0.6) is 11.5 Å². The Morgan fingerprint density at radius 1 is 0.606 bits per heavy atom. The van der Waals surface area contributed by atoms with Gasteiger partial charge in [-0.25, -0.2) is 10.2 Å². The molecule has 21 heteroatoms. The Morgan fingerprint density at radius 2 is 1.18 bits per heavy atom. The van der Waals surface area contributed by atoms with Crippen LogP contribution in [0.3, 0.4) is 0 Å². The molecule has 0 fully saturated rings. The molecule has 0 saturated carbocycles. The minimum absolute atomic E-state index is 0.0622. The average molecular weight is 962 g/mol. The molecule has 0 radical (unpaired) electrons. The largest absolute Gasteiger partial charge is 0.378 e. The van der Waals surface area contributed by atoms with Crippen molar-refractivity contribution in [3.8, 4) is 28.6 Å². The fraction of sp³-hybridized carbons (Fsp3) is 0.0444. The maximum Gasteiger partial charge on any atom is 0.339 e. The van der Waals surface area contributed by atoms with E-state index in [-0.39, 0.29) is 49.0 Å². The highest BCUT2D eigenvalue weighted by atomic mass is 32.2. The lowest BCUT2D eigenvalue weighted by atomic mass is 10.0. The number of benzene rings is 8. The number of H-pyrrole nitrogens is 1. The highest BCUT2D eigenvalue weighted by Crippen LogP contribution is 2.43. The number of aromatic nitrogens is 5. The Morgan fingerprint density at radius 3 is 1.80 bits per heavy atom. The van der Waals surface area contributed by atoms with Gasteiger partial charge in [-0.2, -0.15) is 25.3 Å². The van der Waals surface area contributed by atoms with Gasteiger partial charge in [-0.3, -0.25) is 4.55 Å². The Labute approximate surface area is 379 Å². The molecule has 66 heavy (non-hydrogen) atoms. The Hall–Kier alpha value is -6.95. The lowest BCUT2D eigenvalue weighted by molar-refractivity contribution is -0.432. The van der Waals surface area contributed by atoms with Crippen LogP contribution in [0.2, 0.25) is 0 Å². The van der Waals surface area contributed by atoms with Crippen LogP contribution in [0.25, 0.3) is 71.5 Å². The van der Waals surface area contributed by atoms with Gasteiger partial charge in [0.15, 0.2) is 11.5 Å². The van der Waals surface area contributed by atoms with Gasteiger partial charge in [-0.1, -0.05) is 95.0 Å². The minimum Gasteiger partial charge on any atom is -0.378 e. The predicted molar refractivity (Wildman–Crippen MR) is 245 cm³/mol. The van der Waals surface area contributed by atoms with E-state index in [1.807, 2.05) is 48.5 Å². The molecule has 0 aliphatic rings. The zero-order valence-corrected chi connectivity index (χ0v) is 37.4. The monoisotopic (exact) mass is 961 g/mol. The van der Waals surface area contributed by atoms with Gasteiger partial charge in [0.25, 0.3) is 10.1 Å². The minimum atomic E-state index is -5.01. The summed E-state index contributed by atoms with van der Waals surface area (Å²) >= 11 is 0.599. The summed E-state index contributed by atoms with van der Waals surface area (Å²) in [6.45, 7) is 3.57. The van der Waals surface area contributed by atoms with Crippen LogP contribution in [-0.4, -0.2) is 60.0 Å². The van der Waals surface area contributed by atoms with Crippen molar-refractivity contribution in [3.63, 3.8) is 0 Å². The Kier molecular flexibility index (Phi) is 10.5. The van der Waals surface area contributed by atoms with Gasteiger partial charge in [-0.05, 0) is 78.5 Å². The highest BCUT2D eigenvalue weighted by Gasteiger charge is 2.30. The number of hydrogen-bond donors (Lipinski definition) is 3. The van der Waals surface area contributed by atoms with Crippen molar-refractivity contribution >= 4 is 96.8 Å². The van der Waals surface area contributed by atoms with E-state index < -0.39 is 41.0 Å². The number of fused-ring (bicyclic) bond motifs is 9. The second kappa shape index (κ2) is 16.2. The van der Waals surface area contributed by atoms with Crippen LogP contribution in [0, 0.1) is 13.8 Å². The lowest BCUT2D eigenvalue weighted by Crippen LogP contribution is -2.14. The fourth-order valence-corrected chi connectivity index (χ4v) is 10.6. The smallest absolute Gasteiger partial charge is 0.339 e. The Bertz CT molecular complexity index is 3880. The molecule has 0 aliphatic heterocycles. The Balaban J connectivity index is 1.27. The lowest BCUT2D eigenvalue weighted by Gasteiger charge is -2.16. The number of aryl methyl sites for hydroxylation is 2. The summed E-state index contributed by atoms with van der Waals surface area (Å²) in [7, 11) is -14.3. The summed E-state index contributed by atoms with van der Waals surface area (Å²) in [4.78, 5) is 8.40. The van der Waals surface area contributed by atoms with Crippen molar-refractivity contribution in [1.29, 1.82) is 0 Å². The zero-order chi connectivity index (χ0) is 46.1. The van der Waals surface area contributed by atoms with E-state index in [0.29, 0.717) is 33.4 Å². The first kappa shape index (κ1) is 43.0. The first-order valence-electron chi connectivity index (χ1n) is 19.5. The number of hydrogen-bond acceptors (Lipinski definition) is 15. The van der Waals surface area contributed by atoms with Crippen molar-refractivity contribution in [2.75, 3.05) is 0 Å². The number of nitrogens with one attached hydrogen (secondary N) is 1. The summed E-state index contributed by atoms with van der Waals surface area (Å²) in [5.41, 5.74) is 1.84. The molecule has 0 atom stereocenters. The van der Waals surface area contributed by atoms with E-state index in [4.69, 9.17) is 18.6 Å². The third-order valence-corrected chi connectivity index (χ3v) is 14.7. The van der Waals surface area contributed by atoms with E-state index in [1.165, 1.54) is 48.5 Å². The second-order valence-electron chi connectivity index (χ2n) is 15.1. The maximum atomic E-state index is 14.2. The molecule has 17 nitrogen and oxygen atoms in total. The van der Waals surface area contributed by atoms with Crippen LogP contribution < -0.4 is 8.37 Å². The number of rotatable bonds is 12. The quantitative estimate of drug-likeness (QED) is 0.0258. The van der Waals surface area contributed by atoms with Crippen molar-refractivity contribution in [2.24, 2.45) is 0 Å². The molecule has 2 aromatic heterocycles. The van der Waals surface area contributed by atoms with Gasteiger partial charge in [0, 0.05) is 27.1 Å². The molecule has 3 N–H and O–H groups in total. The molecule has 8 aromatic carbocycles. The van der Waals surface area contributed by atoms with Gasteiger partial charge in [0.1, 0.15) is 37.2 Å². The average Bonchev–Trinajstić information content (AvgIpc) is 3.95. The third kappa shape index (κ3) is 7.75. The van der Waals surface area contributed by atoms with Crippen molar-refractivity contribution in [3.05, 3.63) is 145 Å². The van der Waals surface area contributed by atoms with Crippen LogP contribution in [0.15, 0.2) is 153 Å². The fourth-order valence-electron chi connectivity index (χ4n) is 7.67. The molecule has 0 spiro atoms. The molecule has 0 bridgehead atoms. The molecule has 0 aliphatic carbocycles. The van der Waals surface area contributed by atoms with Crippen LogP contribution in [0.1, 0.15) is 11.1 Å². The molecule has 10 aromatic rings. The molecule has 10 rings (SSSR count). The zero-order valence-electron chi connectivity index (χ0n) is 34.1. The molecule has 2 heterocycles. The third-order valence-electron chi connectivity index (χ3n) is 10.8. The van der Waals surface area contributed by atoms with E-state index >= 15 is 0 Å². The topological polar surface area (TPSA) is 239 Å². The van der Waals surface area contributed by atoms with Crippen molar-refractivity contribution in [2.45, 2.75) is 33.4 Å².